The molecule has 6 nitrogen and oxygen atoms in total. The lowest BCUT2D eigenvalue weighted by molar-refractivity contribution is -0.138. The van der Waals surface area contributed by atoms with Crippen molar-refractivity contribution in [3.8, 4) is 0 Å². The third-order valence-electron chi connectivity index (χ3n) is 1.45. The number of nitrogens with two attached hydrogens (primary N) is 2. The van der Waals surface area contributed by atoms with Crippen LogP contribution in [0.3, 0.4) is 0 Å². The Morgan fingerprint density at radius 2 is 1.87 bits per heavy atom. The normalized spacial score (nSPS) is 10.9. The highest BCUT2D eigenvalue weighted by Crippen LogP contribution is 1.96. The minimum atomic E-state index is -0.933. The number of aliphatic carboxylic acids is 1. The molecule has 0 aliphatic heterocycles. The van der Waals surface area contributed by atoms with Gasteiger partial charge in [0.25, 0.3) is 0 Å². The minimum absolute atomic E-state index is 0.278. The van der Waals surface area contributed by atoms with Crippen molar-refractivity contribution in [2.24, 2.45) is 11.5 Å². The maximum atomic E-state index is 10.1. The number of carbonyl (C=O) groups excluding carboxylic acids is 2. The van der Waals surface area contributed by atoms with Gasteiger partial charge in [-0.3, -0.25) is 14.4 Å². The van der Waals surface area contributed by atoms with Crippen molar-refractivity contribution >= 4 is 18.0 Å². The van der Waals surface area contributed by atoms with E-state index < -0.39 is 17.8 Å². The first-order chi connectivity index (χ1) is 6.95. The largest absolute Gasteiger partial charge is 0.480 e. The number of carboxylic acids is 1. The van der Waals surface area contributed by atoms with Gasteiger partial charge in [-0.25, -0.2) is 0 Å². The summed E-state index contributed by atoms with van der Waals surface area (Å²) in [5.41, 5.74) is 10.4. The molecule has 0 rings (SSSR count). The fourth-order valence-corrected chi connectivity index (χ4v) is 0.632. The van der Waals surface area contributed by atoms with Crippen LogP contribution in [0.1, 0.15) is 26.2 Å². The predicted octanol–water partition coefficient (Wildman–Crippen LogP) is -0.698. The molecule has 1 atom stereocenters. The number of rotatable bonds is 6. The molecule has 0 aromatic heterocycles. The van der Waals surface area contributed by atoms with E-state index in [0.29, 0.717) is 13.0 Å². The number of carboxylic acid groups (broad SMARTS) is 1. The molecule has 0 aromatic rings. The summed E-state index contributed by atoms with van der Waals surface area (Å²) in [6, 6.07) is -0.716. The van der Waals surface area contributed by atoms with Gasteiger partial charge < -0.3 is 16.6 Å². The Labute approximate surface area is 88.6 Å². The van der Waals surface area contributed by atoms with Gasteiger partial charge in [0.2, 0.25) is 0 Å². The van der Waals surface area contributed by atoms with Crippen molar-refractivity contribution in [2.75, 3.05) is 6.54 Å². The van der Waals surface area contributed by atoms with Gasteiger partial charge in [-0.15, -0.1) is 0 Å². The summed E-state index contributed by atoms with van der Waals surface area (Å²) in [7, 11) is 0. The Balaban J connectivity index is 0. The van der Waals surface area contributed by atoms with E-state index in [1.54, 1.807) is 0 Å². The van der Waals surface area contributed by atoms with E-state index in [-0.39, 0.29) is 6.29 Å². The molecule has 0 amide bonds. The predicted molar refractivity (Wildman–Crippen MR) is 55.3 cm³/mol. The maximum absolute atomic E-state index is 10.1. The van der Waals surface area contributed by atoms with Gasteiger partial charge in [0.15, 0.2) is 12.1 Å². The average molecular weight is 218 g/mol. The molecule has 0 spiro atoms. The van der Waals surface area contributed by atoms with Crippen LogP contribution in [0.15, 0.2) is 0 Å². The lowest BCUT2D eigenvalue weighted by Gasteiger charge is -2.03. The molecule has 0 aliphatic rings. The molecule has 0 radical (unpaired) electrons. The molecule has 0 aromatic carbocycles. The molecule has 88 valence electrons. The van der Waals surface area contributed by atoms with Crippen molar-refractivity contribution in [3.05, 3.63) is 0 Å². The monoisotopic (exact) mass is 218 g/mol. The van der Waals surface area contributed by atoms with Crippen molar-refractivity contribution in [1.29, 1.82) is 0 Å². The molecule has 6 heteroatoms. The van der Waals surface area contributed by atoms with Crippen LogP contribution in [0.2, 0.25) is 0 Å². The Hall–Kier alpha value is -1.27. The van der Waals surface area contributed by atoms with Gasteiger partial charge in [-0.2, -0.15) is 0 Å². The van der Waals surface area contributed by atoms with Crippen LogP contribution in [0, 0.1) is 0 Å². The molecule has 0 saturated carbocycles. The summed E-state index contributed by atoms with van der Waals surface area (Å²) in [5, 5.41) is 8.33. The van der Waals surface area contributed by atoms with Crippen molar-refractivity contribution in [1.82, 2.24) is 0 Å². The quantitative estimate of drug-likeness (QED) is 0.308. The van der Waals surface area contributed by atoms with Crippen molar-refractivity contribution in [2.45, 2.75) is 32.2 Å². The summed E-state index contributed by atoms with van der Waals surface area (Å²) in [4.78, 5) is 28.7. The Bertz CT molecular complexity index is 206. The van der Waals surface area contributed by atoms with Crippen LogP contribution in [0.25, 0.3) is 0 Å². The fraction of sp³-hybridized carbons (Fsp3) is 0.667. The van der Waals surface area contributed by atoms with Gasteiger partial charge >= 0.3 is 5.97 Å². The highest BCUT2D eigenvalue weighted by atomic mass is 16.4. The number of hydrogen-bond acceptors (Lipinski definition) is 5. The molecule has 0 fully saturated rings. The average Bonchev–Trinajstić information content (AvgIpc) is 2.18. The second kappa shape index (κ2) is 10.8. The SMILES string of the molecule is CC(=O)C=O.NCCCCC(N)C(=O)O. The van der Waals surface area contributed by atoms with Gasteiger partial charge in [-0.1, -0.05) is 6.42 Å². The minimum Gasteiger partial charge on any atom is -0.480 e. The molecule has 5 N–H and O–H groups in total. The Kier molecular flexibility index (Phi) is 11.7. The summed E-state index contributed by atoms with van der Waals surface area (Å²) >= 11 is 0. The Morgan fingerprint density at radius 3 is 2.13 bits per heavy atom. The lowest BCUT2D eigenvalue weighted by Crippen LogP contribution is -2.29. The van der Waals surface area contributed by atoms with Crippen molar-refractivity contribution in [3.63, 3.8) is 0 Å². The number of aldehydes is 1. The molecular formula is C9H18N2O4. The zero-order valence-corrected chi connectivity index (χ0v) is 8.81. The van der Waals surface area contributed by atoms with Gasteiger partial charge in [-0.05, 0) is 19.4 Å². The van der Waals surface area contributed by atoms with Crippen LogP contribution in [-0.2, 0) is 14.4 Å². The van der Waals surface area contributed by atoms with E-state index in [2.05, 4.69) is 0 Å². The van der Waals surface area contributed by atoms with E-state index in [1.807, 2.05) is 0 Å². The maximum Gasteiger partial charge on any atom is 0.320 e. The molecule has 1 unspecified atom stereocenters. The van der Waals surface area contributed by atoms with E-state index >= 15 is 0 Å². The summed E-state index contributed by atoms with van der Waals surface area (Å²) in [6.07, 6.45) is 2.44. The molecule has 0 bridgehead atoms. The number of hydrogen-bond donors (Lipinski definition) is 3. The topological polar surface area (TPSA) is 123 Å². The lowest BCUT2D eigenvalue weighted by atomic mass is 10.1. The molecule has 15 heavy (non-hydrogen) atoms. The second-order valence-corrected chi connectivity index (χ2v) is 2.96. The first-order valence-corrected chi connectivity index (χ1v) is 4.59. The highest BCUT2D eigenvalue weighted by Gasteiger charge is 2.09. The standard InChI is InChI=1S/C6H14N2O2.C3H4O2/c7-4-2-1-3-5(8)6(9)10;1-3(5)2-4/h5H,1-4,7-8H2,(H,9,10);2H,1H3. The van der Waals surface area contributed by atoms with Crippen LogP contribution in [-0.4, -0.2) is 35.7 Å². The van der Waals surface area contributed by atoms with Crippen LogP contribution < -0.4 is 11.5 Å². The number of Topliss-reactive ketones (excluding diaryl/α,β-unsaturated/α-hetero) is 1. The van der Waals surface area contributed by atoms with Crippen LogP contribution >= 0.6 is 0 Å². The summed E-state index contributed by atoms with van der Waals surface area (Å²) < 4.78 is 0. The molecule has 0 aliphatic carbocycles. The second-order valence-electron chi connectivity index (χ2n) is 2.96. The Morgan fingerprint density at radius 1 is 1.40 bits per heavy atom. The van der Waals surface area contributed by atoms with Crippen molar-refractivity contribution < 1.29 is 19.5 Å². The fourth-order valence-electron chi connectivity index (χ4n) is 0.632. The van der Waals surface area contributed by atoms with Gasteiger partial charge in [0.1, 0.15) is 6.04 Å². The smallest absolute Gasteiger partial charge is 0.320 e. The third-order valence-corrected chi connectivity index (χ3v) is 1.45. The summed E-state index contributed by atoms with van der Waals surface area (Å²) in [6.45, 7) is 1.82. The number of ketones is 1. The zero-order valence-electron chi connectivity index (χ0n) is 8.81. The number of unbranched alkanes of at least 4 members (excludes halogenated alkanes) is 1. The van der Waals surface area contributed by atoms with E-state index in [0.717, 1.165) is 12.8 Å². The van der Waals surface area contributed by atoms with Crippen LogP contribution in [0.5, 0.6) is 0 Å². The first-order valence-electron chi connectivity index (χ1n) is 4.59. The highest BCUT2D eigenvalue weighted by molar-refractivity contribution is 6.23. The van der Waals surface area contributed by atoms with E-state index in [9.17, 15) is 9.59 Å². The molecule has 0 heterocycles. The molecule has 0 saturated heterocycles. The van der Waals surface area contributed by atoms with E-state index in [4.69, 9.17) is 21.4 Å². The zero-order chi connectivity index (χ0) is 12.3. The van der Waals surface area contributed by atoms with E-state index in [1.165, 1.54) is 6.92 Å². The first kappa shape index (κ1) is 16.2. The molecular weight excluding hydrogens is 200 g/mol. The van der Waals surface area contributed by atoms with Gasteiger partial charge in [0.05, 0.1) is 0 Å². The summed E-state index contributed by atoms with van der Waals surface area (Å²) in [5.74, 6) is -1.36. The third kappa shape index (κ3) is 15.5. The van der Waals surface area contributed by atoms with Crippen LogP contribution in [0.4, 0.5) is 0 Å². The van der Waals surface area contributed by atoms with Gasteiger partial charge in [0, 0.05) is 6.92 Å². The number of carbonyl (C=O) groups is 3.